The second-order valence-electron chi connectivity index (χ2n) is 1.92. The van der Waals surface area contributed by atoms with Crippen LogP contribution in [-0.2, 0) is 0 Å². The number of halogens is 1. The second-order valence-corrected chi connectivity index (χ2v) is 1.92. The van der Waals surface area contributed by atoms with Gasteiger partial charge in [0, 0.05) is 0 Å². The Morgan fingerprint density at radius 3 is 2.82 bits per heavy atom. The summed E-state index contributed by atoms with van der Waals surface area (Å²) in [5.41, 5.74) is 2.26. The Balaban J connectivity index is 3.23. The lowest BCUT2D eigenvalue weighted by atomic mass is 10.2. The molecule has 1 aromatic rings. The third-order valence-corrected chi connectivity index (χ3v) is 1.27. The van der Waals surface area contributed by atoms with Crippen molar-refractivity contribution in [3.05, 3.63) is 29.6 Å². The number of hydrogen-bond acceptors (Lipinski definition) is 3. The molecule has 0 unspecified atom stereocenters. The van der Waals surface area contributed by atoms with Crippen LogP contribution in [0.2, 0.25) is 0 Å². The summed E-state index contributed by atoms with van der Waals surface area (Å²) in [6.07, 6.45) is 0. The zero-order chi connectivity index (χ0) is 8.27. The Hall–Kier alpha value is -1.60. The average molecular weight is 151 g/mol. The van der Waals surface area contributed by atoms with Crippen molar-refractivity contribution in [1.29, 1.82) is 5.26 Å². The van der Waals surface area contributed by atoms with Crippen molar-refractivity contribution in [2.75, 3.05) is 5.43 Å². The minimum atomic E-state index is -0.613. The van der Waals surface area contributed by atoms with E-state index in [4.69, 9.17) is 11.1 Å². The van der Waals surface area contributed by atoms with E-state index in [1.807, 2.05) is 0 Å². The molecule has 1 aromatic carbocycles. The summed E-state index contributed by atoms with van der Waals surface area (Å²) in [6.45, 7) is 0. The predicted molar refractivity (Wildman–Crippen MR) is 38.9 cm³/mol. The monoisotopic (exact) mass is 151 g/mol. The lowest BCUT2D eigenvalue weighted by Gasteiger charge is -2.00. The zero-order valence-electron chi connectivity index (χ0n) is 5.63. The maximum Gasteiger partial charge on any atom is 0.165 e. The van der Waals surface area contributed by atoms with Crippen LogP contribution in [0.5, 0.6) is 0 Å². The van der Waals surface area contributed by atoms with Crippen LogP contribution in [0.4, 0.5) is 10.1 Å². The molecule has 0 aliphatic heterocycles. The Kier molecular flexibility index (Phi) is 2.04. The van der Waals surface area contributed by atoms with Crippen molar-refractivity contribution < 1.29 is 4.39 Å². The number of benzene rings is 1. The molecule has 0 saturated heterocycles. The van der Waals surface area contributed by atoms with E-state index in [0.29, 0.717) is 0 Å². The van der Waals surface area contributed by atoms with Crippen molar-refractivity contribution in [2.45, 2.75) is 0 Å². The quantitative estimate of drug-likeness (QED) is 0.464. The van der Waals surface area contributed by atoms with Gasteiger partial charge in [-0.25, -0.2) is 4.39 Å². The van der Waals surface area contributed by atoms with E-state index in [9.17, 15) is 4.39 Å². The molecule has 4 heteroatoms. The van der Waals surface area contributed by atoms with Crippen LogP contribution in [0.25, 0.3) is 0 Å². The molecule has 0 aliphatic carbocycles. The number of nitrogens with two attached hydrogens (primary N) is 1. The van der Waals surface area contributed by atoms with Gasteiger partial charge in [0.1, 0.15) is 6.07 Å². The van der Waals surface area contributed by atoms with Crippen molar-refractivity contribution in [3.8, 4) is 6.07 Å². The largest absolute Gasteiger partial charge is 0.321 e. The number of nitriles is 1. The van der Waals surface area contributed by atoms with E-state index in [2.05, 4.69) is 5.43 Å². The van der Waals surface area contributed by atoms with Gasteiger partial charge in [-0.2, -0.15) is 5.26 Å². The maximum atomic E-state index is 12.9. The van der Waals surface area contributed by atoms with E-state index in [-0.39, 0.29) is 11.3 Å². The van der Waals surface area contributed by atoms with Gasteiger partial charge in [-0.3, -0.25) is 5.84 Å². The Labute approximate surface area is 63.2 Å². The van der Waals surface area contributed by atoms with Crippen LogP contribution in [0.1, 0.15) is 5.56 Å². The van der Waals surface area contributed by atoms with Crippen molar-refractivity contribution in [3.63, 3.8) is 0 Å². The molecular weight excluding hydrogens is 145 g/mol. The fourth-order valence-corrected chi connectivity index (χ4v) is 0.730. The first-order valence-corrected chi connectivity index (χ1v) is 2.95. The smallest absolute Gasteiger partial charge is 0.165 e. The summed E-state index contributed by atoms with van der Waals surface area (Å²) in [4.78, 5) is 0. The van der Waals surface area contributed by atoms with Gasteiger partial charge < -0.3 is 5.43 Å². The van der Waals surface area contributed by atoms with Crippen LogP contribution in [0.15, 0.2) is 18.2 Å². The van der Waals surface area contributed by atoms with E-state index in [0.717, 1.165) is 0 Å². The number of rotatable bonds is 1. The van der Waals surface area contributed by atoms with Gasteiger partial charge in [0.2, 0.25) is 0 Å². The third-order valence-electron chi connectivity index (χ3n) is 1.27. The van der Waals surface area contributed by atoms with E-state index < -0.39 is 5.82 Å². The standard InChI is InChI=1S/C7H6FN3/c8-7-5(4-9)2-1-3-6(7)11-10/h1-3,11H,10H2. The number of nitrogen functional groups attached to an aromatic ring is 1. The molecule has 0 bridgehead atoms. The molecule has 0 saturated carbocycles. The summed E-state index contributed by atoms with van der Waals surface area (Å²) in [5.74, 6) is 4.36. The van der Waals surface area contributed by atoms with Gasteiger partial charge in [-0.05, 0) is 12.1 Å². The summed E-state index contributed by atoms with van der Waals surface area (Å²) in [7, 11) is 0. The lowest BCUT2D eigenvalue weighted by molar-refractivity contribution is 0.627. The van der Waals surface area contributed by atoms with E-state index >= 15 is 0 Å². The number of nitrogens with zero attached hydrogens (tertiary/aromatic N) is 1. The first-order chi connectivity index (χ1) is 5.29. The van der Waals surface area contributed by atoms with Gasteiger partial charge in [0.25, 0.3) is 0 Å². The molecular formula is C7H6FN3. The van der Waals surface area contributed by atoms with Gasteiger partial charge in [-0.1, -0.05) is 6.07 Å². The van der Waals surface area contributed by atoms with Crippen molar-refractivity contribution in [2.24, 2.45) is 5.84 Å². The highest BCUT2D eigenvalue weighted by molar-refractivity contribution is 5.50. The number of nitrogens with one attached hydrogen (secondary N) is 1. The van der Waals surface area contributed by atoms with Crippen LogP contribution in [0.3, 0.4) is 0 Å². The predicted octanol–water partition coefficient (Wildman–Crippen LogP) is 0.983. The first kappa shape index (κ1) is 7.51. The minimum Gasteiger partial charge on any atom is -0.321 e. The molecule has 0 amide bonds. The molecule has 0 atom stereocenters. The van der Waals surface area contributed by atoms with Crippen molar-refractivity contribution >= 4 is 5.69 Å². The van der Waals surface area contributed by atoms with Gasteiger partial charge in [-0.15, -0.1) is 0 Å². The fourth-order valence-electron chi connectivity index (χ4n) is 0.730. The highest BCUT2D eigenvalue weighted by atomic mass is 19.1. The molecule has 3 N–H and O–H groups in total. The Morgan fingerprint density at radius 2 is 2.27 bits per heavy atom. The molecule has 0 radical (unpaired) electrons. The Bertz CT molecular complexity index is 303. The normalized spacial score (nSPS) is 8.82. The molecule has 0 fully saturated rings. The average Bonchev–Trinajstić information content (AvgIpc) is 2.05. The molecule has 0 aliphatic rings. The topological polar surface area (TPSA) is 61.8 Å². The third kappa shape index (κ3) is 1.28. The first-order valence-electron chi connectivity index (χ1n) is 2.95. The Morgan fingerprint density at radius 1 is 1.55 bits per heavy atom. The van der Waals surface area contributed by atoms with Crippen molar-refractivity contribution in [1.82, 2.24) is 0 Å². The maximum absolute atomic E-state index is 12.9. The summed E-state index contributed by atoms with van der Waals surface area (Å²) in [6, 6.07) is 6.09. The van der Waals surface area contributed by atoms with Crippen LogP contribution in [0, 0.1) is 17.1 Å². The molecule has 0 heterocycles. The molecule has 0 aromatic heterocycles. The van der Waals surface area contributed by atoms with Gasteiger partial charge in [0.05, 0.1) is 11.3 Å². The van der Waals surface area contributed by atoms with E-state index in [1.54, 1.807) is 12.1 Å². The van der Waals surface area contributed by atoms with E-state index in [1.165, 1.54) is 12.1 Å². The van der Waals surface area contributed by atoms with Crippen LogP contribution >= 0.6 is 0 Å². The molecule has 1 rings (SSSR count). The van der Waals surface area contributed by atoms with Gasteiger partial charge >= 0.3 is 0 Å². The number of hydrazine groups is 1. The summed E-state index contributed by atoms with van der Waals surface area (Å²) in [5, 5.41) is 8.38. The second kappa shape index (κ2) is 2.99. The van der Waals surface area contributed by atoms with Gasteiger partial charge in [0.15, 0.2) is 5.82 Å². The highest BCUT2D eigenvalue weighted by Crippen LogP contribution is 2.15. The SMILES string of the molecule is N#Cc1cccc(NN)c1F. The fraction of sp³-hybridized carbons (Fsp3) is 0. The molecule has 3 nitrogen and oxygen atoms in total. The summed E-state index contributed by atoms with van der Waals surface area (Å²) >= 11 is 0. The number of anilines is 1. The number of hydrogen-bond donors (Lipinski definition) is 2. The highest BCUT2D eigenvalue weighted by Gasteiger charge is 2.04. The summed E-state index contributed by atoms with van der Waals surface area (Å²) < 4.78 is 12.9. The molecule has 0 spiro atoms. The van der Waals surface area contributed by atoms with Crippen LogP contribution < -0.4 is 11.3 Å². The zero-order valence-corrected chi connectivity index (χ0v) is 5.63. The van der Waals surface area contributed by atoms with Crippen LogP contribution in [-0.4, -0.2) is 0 Å². The lowest BCUT2D eigenvalue weighted by Crippen LogP contribution is -2.08. The molecule has 11 heavy (non-hydrogen) atoms. The molecule has 56 valence electrons. The minimum absolute atomic E-state index is 0.0135.